The molecule has 0 fully saturated rings. The minimum atomic E-state index is -0.511. The van der Waals surface area contributed by atoms with Crippen LogP contribution in [0.5, 0.6) is 5.75 Å². The summed E-state index contributed by atoms with van der Waals surface area (Å²) in [6, 6.07) is 13.8. The summed E-state index contributed by atoms with van der Waals surface area (Å²) < 4.78 is 6.11. The molecule has 1 heterocycles. The van der Waals surface area contributed by atoms with Crippen LogP contribution in [-0.2, 0) is 6.42 Å². The molecule has 2 aromatic rings. The largest absolute Gasteiger partial charge is 0.486 e. The fourth-order valence-electron chi connectivity index (χ4n) is 2.69. The Morgan fingerprint density at radius 1 is 1.33 bits per heavy atom. The molecule has 0 amide bonds. The Morgan fingerprint density at radius 3 is 2.81 bits per heavy atom. The van der Waals surface area contributed by atoms with E-state index in [1.165, 1.54) is 0 Å². The third-order valence-corrected chi connectivity index (χ3v) is 3.81. The lowest BCUT2D eigenvalue weighted by Gasteiger charge is -2.22. The van der Waals surface area contributed by atoms with Gasteiger partial charge in [-0.05, 0) is 30.2 Å². The fraction of sp³-hybridized carbons (Fsp3) is 0.250. The number of hydrogen-bond donors (Lipinski definition) is 0. The molecule has 1 atom stereocenters. The molecule has 1 unspecified atom stereocenters. The molecule has 0 aliphatic carbocycles. The smallest absolute Gasteiger partial charge is 0.131 e. The molecule has 21 heavy (non-hydrogen) atoms. The Bertz CT molecular complexity index is 726. The summed E-state index contributed by atoms with van der Waals surface area (Å²) in [5, 5.41) is 4.34. The van der Waals surface area contributed by atoms with Gasteiger partial charge in [0, 0.05) is 27.5 Å². The van der Waals surface area contributed by atoms with Crippen LogP contribution in [0, 0.1) is 0 Å². The van der Waals surface area contributed by atoms with E-state index in [1.807, 2.05) is 49.4 Å². The third kappa shape index (κ3) is 2.68. The molecule has 3 rings (SSSR count). The number of ether oxygens (including phenoxy) is 1. The zero-order chi connectivity index (χ0) is 14.9. The van der Waals surface area contributed by atoms with Crippen LogP contribution in [0.3, 0.4) is 0 Å². The molecule has 0 saturated carbocycles. The maximum atomic E-state index is 8.52. The predicted octanol–water partition coefficient (Wildman–Crippen LogP) is 5.01. The summed E-state index contributed by atoms with van der Waals surface area (Å²) in [6.45, 7) is 2.24. The highest BCUT2D eigenvalue weighted by atomic mass is 35.5. The van der Waals surface area contributed by atoms with Crippen LogP contribution in [0.4, 0.5) is 0 Å². The van der Waals surface area contributed by atoms with Crippen molar-refractivity contribution in [1.82, 2.24) is 0 Å². The van der Waals surface area contributed by atoms with E-state index in [2.05, 4.69) is 10.0 Å². The Kier molecular flexibility index (Phi) is 3.50. The van der Waals surface area contributed by atoms with Crippen molar-refractivity contribution in [2.45, 2.75) is 18.9 Å². The van der Waals surface area contributed by atoms with Crippen molar-refractivity contribution in [3.8, 4) is 16.9 Å². The van der Waals surface area contributed by atoms with Crippen LogP contribution in [0.1, 0.15) is 12.5 Å². The number of azide groups is 1. The molecule has 0 bridgehead atoms. The highest BCUT2D eigenvalue weighted by Gasteiger charge is 2.36. The second-order valence-corrected chi connectivity index (χ2v) is 5.86. The second-order valence-electron chi connectivity index (χ2n) is 5.43. The molecular weight excluding hydrogens is 286 g/mol. The van der Waals surface area contributed by atoms with Crippen molar-refractivity contribution in [3.05, 3.63) is 63.5 Å². The van der Waals surface area contributed by atoms with E-state index >= 15 is 0 Å². The van der Waals surface area contributed by atoms with Gasteiger partial charge in [0.05, 0.1) is 6.54 Å². The first kappa shape index (κ1) is 13.8. The van der Waals surface area contributed by atoms with Gasteiger partial charge in [-0.2, -0.15) is 0 Å². The lowest BCUT2D eigenvalue weighted by Crippen LogP contribution is -2.33. The number of hydrogen-bond acceptors (Lipinski definition) is 2. The maximum Gasteiger partial charge on any atom is 0.131 e. The van der Waals surface area contributed by atoms with Crippen LogP contribution in [0.15, 0.2) is 47.6 Å². The summed E-state index contributed by atoms with van der Waals surface area (Å²) in [6.07, 6.45) is 0.682. The first-order valence-electron chi connectivity index (χ1n) is 6.69. The monoisotopic (exact) mass is 299 g/mol. The second kappa shape index (κ2) is 5.32. The van der Waals surface area contributed by atoms with E-state index in [1.54, 1.807) is 0 Å². The third-order valence-electron chi connectivity index (χ3n) is 3.60. The van der Waals surface area contributed by atoms with Crippen molar-refractivity contribution in [2.75, 3.05) is 6.54 Å². The Balaban J connectivity index is 2.06. The van der Waals surface area contributed by atoms with Crippen molar-refractivity contribution in [2.24, 2.45) is 5.11 Å². The Hall–Kier alpha value is -2.16. The summed E-state index contributed by atoms with van der Waals surface area (Å²) in [7, 11) is 0. The molecular formula is C16H14ClN3O. The predicted molar refractivity (Wildman–Crippen MR) is 83.6 cm³/mol. The Morgan fingerprint density at radius 2 is 2.10 bits per heavy atom. The van der Waals surface area contributed by atoms with Crippen molar-refractivity contribution < 1.29 is 4.74 Å². The van der Waals surface area contributed by atoms with Crippen LogP contribution in [0.25, 0.3) is 21.6 Å². The number of halogens is 1. The topological polar surface area (TPSA) is 58.0 Å². The van der Waals surface area contributed by atoms with E-state index in [-0.39, 0.29) is 0 Å². The molecule has 1 aliphatic rings. The first-order chi connectivity index (χ1) is 10.1. The lowest BCUT2D eigenvalue weighted by molar-refractivity contribution is 0.126. The quantitative estimate of drug-likeness (QED) is 0.446. The summed E-state index contributed by atoms with van der Waals surface area (Å²) in [5.41, 5.74) is 11.1. The number of rotatable bonds is 3. The van der Waals surface area contributed by atoms with Crippen molar-refractivity contribution >= 4 is 11.6 Å². The summed E-state index contributed by atoms with van der Waals surface area (Å²) in [4.78, 5) is 2.82. The average Bonchev–Trinajstić information content (AvgIpc) is 2.82. The van der Waals surface area contributed by atoms with E-state index in [9.17, 15) is 0 Å². The van der Waals surface area contributed by atoms with E-state index in [0.29, 0.717) is 18.0 Å². The molecule has 1 aliphatic heterocycles. The van der Waals surface area contributed by atoms with Gasteiger partial charge >= 0.3 is 0 Å². The van der Waals surface area contributed by atoms with Gasteiger partial charge in [0.15, 0.2) is 0 Å². The van der Waals surface area contributed by atoms with E-state index in [0.717, 1.165) is 22.4 Å². The van der Waals surface area contributed by atoms with E-state index < -0.39 is 5.60 Å². The average molecular weight is 300 g/mol. The molecule has 5 heteroatoms. The fourth-order valence-corrected chi connectivity index (χ4v) is 2.93. The van der Waals surface area contributed by atoms with Gasteiger partial charge in [0.2, 0.25) is 0 Å². The molecule has 0 N–H and O–H groups in total. The minimum Gasteiger partial charge on any atom is -0.486 e. The normalized spacial score (nSPS) is 19.5. The zero-order valence-electron chi connectivity index (χ0n) is 11.6. The van der Waals surface area contributed by atoms with Gasteiger partial charge in [-0.25, -0.2) is 0 Å². The van der Waals surface area contributed by atoms with Crippen LogP contribution in [0.2, 0.25) is 5.02 Å². The molecule has 106 valence electrons. The molecule has 0 aromatic heterocycles. The zero-order valence-corrected chi connectivity index (χ0v) is 12.3. The summed E-state index contributed by atoms with van der Waals surface area (Å²) >= 11 is 6.24. The minimum absolute atomic E-state index is 0.296. The van der Waals surface area contributed by atoms with Gasteiger partial charge in [-0.1, -0.05) is 47.0 Å². The first-order valence-corrected chi connectivity index (χ1v) is 7.07. The lowest BCUT2D eigenvalue weighted by atomic mass is 9.97. The molecule has 2 aromatic carbocycles. The highest BCUT2D eigenvalue weighted by molar-refractivity contribution is 6.31. The molecule has 4 nitrogen and oxygen atoms in total. The Labute approximate surface area is 127 Å². The highest BCUT2D eigenvalue weighted by Crippen LogP contribution is 2.44. The molecule has 0 radical (unpaired) electrons. The number of fused-ring (bicyclic) bond motifs is 1. The molecule has 0 saturated heterocycles. The van der Waals surface area contributed by atoms with Gasteiger partial charge in [-0.15, -0.1) is 0 Å². The molecule has 0 spiro atoms. The van der Waals surface area contributed by atoms with Gasteiger partial charge in [-0.3, -0.25) is 0 Å². The summed E-state index contributed by atoms with van der Waals surface area (Å²) in [5.74, 6) is 0.834. The van der Waals surface area contributed by atoms with Crippen molar-refractivity contribution in [1.29, 1.82) is 0 Å². The van der Waals surface area contributed by atoms with Crippen LogP contribution in [-0.4, -0.2) is 12.1 Å². The standard InChI is InChI=1S/C16H14ClN3O/c1-16(10-19-20-18)9-12-7-13(17)8-14(15(12)21-16)11-5-3-2-4-6-11/h2-8H,9-10H2,1H3. The van der Waals surface area contributed by atoms with Gasteiger partial charge < -0.3 is 4.74 Å². The van der Waals surface area contributed by atoms with Crippen molar-refractivity contribution in [3.63, 3.8) is 0 Å². The van der Waals surface area contributed by atoms with Crippen LogP contribution < -0.4 is 4.74 Å². The number of nitrogens with zero attached hydrogens (tertiary/aromatic N) is 3. The number of benzene rings is 2. The van der Waals surface area contributed by atoms with Crippen LogP contribution >= 0.6 is 11.6 Å². The SMILES string of the molecule is CC1(CN=[N+]=[N-])Cc2cc(Cl)cc(-c3ccccc3)c2O1. The van der Waals surface area contributed by atoms with Gasteiger partial charge in [0.1, 0.15) is 11.4 Å². The van der Waals surface area contributed by atoms with E-state index in [4.69, 9.17) is 21.9 Å². The maximum absolute atomic E-state index is 8.52. The van der Waals surface area contributed by atoms with Gasteiger partial charge in [0.25, 0.3) is 0 Å².